The topological polar surface area (TPSA) is 22.2 Å². The summed E-state index contributed by atoms with van der Waals surface area (Å²) in [6.07, 6.45) is 5.11. The molecule has 3 heteroatoms. The summed E-state index contributed by atoms with van der Waals surface area (Å²) in [5.41, 5.74) is 3.58. The Morgan fingerprint density at radius 2 is 1.79 bits per heavy atom. The molecule has 0 N–H and O–H groups in total. The van der Waals surface area contributed by atoms with E-state index in [9.17, 15) is 0 Å². The van der Waals surface area contributed by atoms with E-state index in [1.54, 1.807) is 0 Å². The van der Waals surface area contributed by atoms with Gasteiger partial charge < -0.3 is 4.57 Å². The molecule has 124 valence electrons. The summed E-state index contributed by atoms with van der Waals surface area (Å²) < 4.78 is 4.57. The molecule has 0 amide bonds. The van der Waals surface area contributed by atoms with Gasteiger partial charge in [0.05, 0.1) is 17.4 Å². The zero-order valence-electron chi connectivity index (χ0n) is 14.9. The van der Waals surface area contributed by atoms with Crippen LogP contribution in [0, 0.1) is 0 Å². The molecule has 3 heterocycles. The second kappa shape index (κ2) is 6.91. The van der Waals surface area contributed by atoms with Crippen LogP contribution in [0.2, 0.25) is 0 Å². The first-order valence-electron chi connectivity index (χ1n) is 8.82. The third-order valence-electron chi connectivity index (χ3n) is 4.45. The van der Waals surface area contributed by atoms with Gasteiger partial charge in [0.2, 0.25) is 0 Å². The first kappa shape index (κ1) is 16.3. The largest absolute Gasteiger partial charge is 0.335 e. The van der Waals surface area contributed by atoms with Crippen LogP contribution in [0.15, 0.2) is 60.9 Å². The number of benzene rings is 1. The molecule has 4 rings (SSSR count). The minimum Gasteiger partial charge on any atom is -0.335 e. The minimum absolute atomic E-state index is 0.436. The van der Waals surface area contributed by atoms with Gasteiger partial charge in [0.25, 0.3) is 0 Å². The van der Waals surface area contributed by atoms with E-state index in [1.807, 2.05) is 26.1 Å². The number of para-hydroxylation sites is 1. The van der Waals surface area contributed by atoms with Crippen molar-refractivity contribution >= 4 is 16.4 Å². The number of rotatable bonds is 3. The van der Waals surface area contributed by atoms with Crippen LogP contribution in [0.3, 0.4) is 0 Å². The van der Waals surface area contributed by atoms with Gasteiger partial charge in [0.1, 0.15) is 0 Å². The Bertz CT molecular complexity index is 946. The highest BCUT2D eigenvalue weighted by Gasteiger charge is 2.17. The summed E-state index contributed by atoms with van der Waals surface area (Å²) in [4.78, 5) is 4.68. The molecule has 0 bridgehead atoms. The van der Waals surface area contributed by atoms with E-state index in [2.05, 4.69) is 76.5 Å². The quantitative estimate of drug-likeness (QED) is 0.457. The number of hydrogen-bond donors (Lipinski definition) is 0. The van der Waals surface area contributed by atoms with Crippen molar-refractivity contribution in [3.8, 4) is 11.5 Å². The predicted octanol–water partition coefficient (Wildman–Crippen LogP) is 5.95. The molecule has 3 nitrogen and oxygen atoms in total. The first-order valence-corrected chi connectivity index (χ1v) is 8.82. The van der Waals surface area contributed by atoms with Gasteiger partial charge in [0.15, 0.2) is 5.82 Å². The third-order valence-corrected chi connectivity index (χ3v) is 4.45. The molecule has 0 aliphatic heterocycles. The zero-order valence-corrected chi connectivity index (χ0v) is 14.9. The number of aromatic nitrogens is 3. The van der Waals surface area contributed by atoms with Crippen molar-refractivity contribution in [3.63, 3.8) is 0 Å². The van der Waals surface area contributed by atoms with E-state index >= 15 is 0 Å². The highest BCUT2D eigenvalue weighted by Crippen LogP contribution is 2.32. The fourth-order valence-electron chi connectivity index (χ4n) is 3.14. The van der Waals surface area contributed by atoms with Gasteiger partial charge in [-0.25, -0.2) is 4.98 Å². The van der Waals surface area contributed by atoms with Gasteiger partial charge in [-0.3, -0.25) is 4.40 Å². The summed E-state index contributed by atoms with van der Waals surface area (Å²) in [6, 6.07) is 17.4. The molecule has 0 spiro atoms. The molecule has 3 aromatic heterocycles. The normalized spacial score (nSPS) is 12.2. The van der Waals surface area contributed by atoms with Crippen molar-refractivity contribution in [2.24, 2.45) is 0 Å². The van der Waals surface area contributed by atoms with E-state index in [4.69, 9.17) is 0 Å². The summed E-state index contributed by atoms with van der Waals surface area (Å²) >= 11 is 0. The summed E-state index contributed by atoms with van der Waals surface area (Å²) in [6.45, 7) is 8.50. The second-order valence-corrected chi connectivity index (χ2v) is 5.79. The molecule has 1 unspecified atom stereocenters. The van der Waals surface area contributed by atoms with Gasteiger partial charge in [-0.1, -0.05) is 45.0 Å². The highest BCUT2D eigenvalue weighted by atomic mass is 15.1. The molecular formula is C21H25N3. The van der Waals surface area contributed by atoms with Crippen molar-refractivity contribution in [2.75, 3.05) is 0 Å². The van der Waals surface area contributed by atoms with Gasteiger partial charge in [-0.15, -0.1) is 0 Å². The number of pyridine rings is 1. The van der Waals surface area contributed by atoms with Crippen LogP contribution in [-0.4, -0.2) is 14.0 Å². The molecule has 4 aromatic rings. The lowest BCUT2D eigenvalue weighted by molar-refractivity contribution is 0.551. The summed E-state index contributed by atoms with van der Waals surface area (Å²) in [5, 5.41) is 1.27. The molecule has 0 fully saturated rings. The Labute approximate surface area is 143 Å². The Morgan fingerprint density at radius 3 is 2.58 bits per heavy atom. The minimum atomic E-state index is 0.436. The van der Waals surface area contributed by atoms with Gasteiger partial charge in [-0.05, 0) is 37.6 Å². The van der Waals surface area contributed by atoms with E-state index in [0.717, 1.165) is 17.8 Å². The number of hydrogen-bond acceptors (Lipinski definition) is 1. The van der Waals surface area contributed by atoms with Gasteiger partial charge in [0, 0.05) is 23.1 Å². The van der Waals surface area contributed by atoms with E-state index < -0.39 is 0 Å². The van der Waals surface area contributed by atoms with E-state index in [-0.39, 0.29) is 0 Å². The lowest BCUT2D eigenvalue weighted by atomic mass is 10.2. The third kappa shape index (κ3) is 2.60. The number of fused-ring (bicyclic) bond motifs is 2. The van der Waals surface area contributed by atoms with Crippen LogP contribution in [0.1, 0.15) is 40.2 Å². The van der Waals surface area contributed by atoms with Crippen molar-refractivity contribution in [3.05, 3.63) is 60.9 Å². The van der Waals surface area contributed by atoms with Crippen LogP contribution < -0.4 is 0 Å². The van der Waals surface area contributed by atoms with Gasteiger partial charge in [-0.2, -0.15) is 0 Å². The second-order valence-electron chi connectivity index (χ2n) is 5.79. The Hall–Kier alpha value is -2.55. The van der Waals surface area contributed by atoms with E-state index in [1.165, 1.54) is 16.6 Å². The Balaban J connectivity index is 0.000000815. The van der Waals surface area contributed by atoms with Gasteiger partial charge >= 0.3 is 0 Å². The molecule has 1 atom stereocenters. The zero-order chi connectivity index (χ0) is 17.1. The molecule has 0 saturated carbocycles. The first-order chi connectivity index (χ1) is 11.8. The molecule has 1 aromatic carbocycles. The van der Waals surface area contributed by atoms with Crippen molar-refractivity contribution in [1.29, 1.82) is 0 Å². The molecule has 0 aliphatic rings. The maximum Gasteiger partial charge on any atom is 0.161 e. The number of nitrogens with zero attached hydrogens (tertiary/aromatic N) is 3. The number of imidazole rings is 1. The molecule has 0 aliphatic carbocycles. The highest BCUT2D eigenvalue weighted by molar-refractivity contribution is 5.86. The SMILES string of the molecule is CC.CCC(C)n1c(-c2ncc3ccccn23)cc2ccccc21. The van der Waals surface area contributed by atoms with E-state index in [0.29, 0.717) is 6.04 Å². The molecule has 0 saturated heterocycles. The monoisotopic (exact) mass is 319 g/mol. The van der Waals surface area contributed by atoms with Crippen molar-refractivity contribution in [1.82, 2.24) is 14.0 Å². The standard InChI is InChI=1S/C19H19N3.C2H6/c1-3-14(2)22-17-10-5-4-8-15(17)12-18(22)19-20-13-16-9-6-7-11-21(16)19;1-2/h4-14H,3H2,1-2H3;1-2H3. The lowest BCUT2D eigenvalue weighted by Crippen LogP contribution is -2.06. The van der Waals surface area contributed by atoms with Crippen LogP contribution in [0.4, 0.5) is 0 Å². The summed E-state index contributed by atoms with van der Waals surface area (Å²) in [7, 11) is 0. The smallest absolute Gasteiger partial charge is 0.161 e. The van der Waals surface area contributed by atoms with Crippen LogP contribution in [0.25, 0.3) is 27.9 Å². The van der Waals surface area contributed by atoms with Crippen molar-refractivity contribution < 1.29 is 0 Å². The molecule has 0 radical (unpaired) electrons. The van der Waals surface area contributed by atoms with Crippen LogP contribution in [-0.2, 0) is 0 Å². The lowest BCUT2D eigenvalue weighted by Gasteiger charge is -2.17. The van der Waals surface area contributed by atoms with Crippen molar-refractivity contribution in [2.45, 2.75) is 40.2 Å². The summed E-state index contributed by atoms with van der Waals surface area (Å²) in [5.74, 6) is 1.01. The van der Waals surface area contributed by atoms with Crippen LogP contribution in [0.5, 0.6) is 0 Å². The molecule has 24 heavy (non-hydrogen) atoms. The Kier molecular flexibility index (Phi) is 4.70. The maximum absolute atomic E-state index is 4.68. The fourth-order valence-corrected chi connectivity index (χ4v) is 3.14. The average molecular weight is 319 g/mol. The fraction of sp³-hybridized carbons (Fsp3) is 0.286. The Morgan fingerprint density at radius 1 is 1.04 bits per heavy atom. The maximum atomic E-state index is 4.68. The molecular weight excluding hydrogens is 294 g/mol. The average Bonchev–Trinajstić information content (AvgIpc) is 3.23. The predicted molar refractivity (Wildman–Crippen MR) is 102 cm³/mol. The van der Waals surface area contributed by atoms with Crippen LogP contribution >= 0.6 is 0 Å².